The van der Waals surface area contributed by atoms with Crippen molar-refractivity contribution >= 4 is 31.9 Å². The summed E-state index contributed by atoms with van der Waals surface area (Å²) in [5, 5.41) is 0. The molecule has 7 heteroatoms. The molecule has 1 aromatic heterocycles. The first-order valence-electron chi connectivity index (χ1n) is 6.94. The smallest absolute Gasteiger partial charge is 0.265 e. The van der Waals surface area contributed by atoms with Gasteiger partial charge in [-0.05, 0) is 69.1 Å². The zero-order valence-corrected chi connectivity index (χ0v) is 15.8. The van der Waals surface area contributed by atoms with Crippen molar-refractivity contribution < 1.29 is 13.5 Å². The fraction of sp³-hybridized carbons (Fsp3) is 0.235. The molecule has 126 valence electrons. The Bertz CT molecular complexity index is 854. The maximum absolute atomic E-state index is 12.8. The quantitative estimate of drug-likeness (QED) is 0.605. The Kier molecular flexibility index (Phi) is 6.58. The SMILES string of the molecule is CC#CCOc1ccc(-c2ccc(Br)c(=O)n2CC(F)F)c(Br)c1. The third-order valence-corrected chi connectivity index (χ3v) is 4.41. The molecule has 0 aliphatic rings. The average molecular weight is 461 g/mol. The summed E-state index contributed by atoms with van der Waals surface area (Å²) in [6.45, 7) is 1.30. The zero-order valence-electron chi connectivity index (χ0n) is 12.7. The van der Waals surface area contributed by atoms with Crippen molar-refractivity contribution in [1.82, 2.24) is 4.57 Å². The molecule has 3 nitrogen and oxygen atoms in total. The molecule has 0 aliphatic carbocycles. The van der Waals surface area contributed by atoms with Gasteiger partial charge in [-0.15, -0.1) is 5.92 Å². The number of aromatic nitrogens is 1. The molecule has 1 heterocycles. The van der Waals surface area contributed by atoms with Crippen molar-refractivity contribution in [2.75, 3.05) is 6.61 Å². The molecule has 0 amide bonds. The van der Waals surface area contributed by atoms with Crippen LogP contribution in [0.5, 0.6) is 5.75 Å². The van der Waals surface area contributed by atoms with Crippen LogP contribution < -0.4 is 10.3 Å². The summed E-state index contributed by atoms with van der Waals surface area (Å²) < 4.78 is 33.1. The minimum absolute atomic E-state index is 0.237. The van der Waals surface area contributed by atoms with Crippen LogP contribution in [-0.4, -0.2) is 17.6 Å². The van der Waals surface area contributed by atoms with Crippen molar-refractivity contribution in [2.45, 2.75) is 19.9 Å². The van der Waals surface area contributed by atoms with Gasteiger partial charge in [0, 0.05) is 10.0 Å². The van der Waals surface area contributed by atoms with Gasteiger partial charge in [0.25, 0.3) is 12.0 Å². The Hall–Kier alpha value is -1.65. The molecule has 0 saturated carbocycles. The molecule has 0 atom stereocenters. The molecule has 1 aromatic carbocycles. The van der Waals surface area contributed by atoms with Crippen molar-refractivity contribution in [3.8, 4) is 28.8 Å². The molecule has 0 fully saturated rings. The standard InChI is InChI=1S/C17H13Br2F2NO2/c1-2-3-8-24-11-4-5-12(14(19)9-11)15-7-6-13(18)17(23)22(15)10-16(20)21/h4-7,9,16H,8,10H2,1H3. The minimum atomic E-state index is -2.63. The predicted molar refractivity (Wildman–Crippen MR) is 96.5 cm³/mol. The fourth-order valence-corrected chi connectivity index (χ4v) is 3.00. The lowest BCUT2D eigenvalue weighted by Gasteiger charge is -2.15. The number of pyridine rings is 1. The summed E-state index contributed by atoms with van der Waals surface area (Å²) in [5.41, 5.74) is 0.516. The van der Waals surface area contributed by atoms with Crippen LogP contribution in [0.2, 0.25) is 0 Å². The Morgan fingerprint density at radius 3 is 2.58 bits per heavy atom. The molecular weight excluding hydrogens is 448 g/mol. The van der Waals surface area contributed by atoms with Crippen molar-refractivity contribution in [2.24, 2.45) is 0 Å². The molecule has 0 saturated heterocycles. The van der Waals surface area contributed by atoms with Gasteiger partial charge in [-0.2, -0.15) is 0 Å². The minimum Gasteiger partial charge on any atom is -0.481 e. The van der Waals surface area contributed by atoms with Gasteiger partial charge in [0.15, 0.2) is 0 Å². The van der Waals surface area contributed by atoms with Gasteiger partial charge in [-0.3, -0.25) is 4.79 Å². The zero-order chi connectivity index (χ0) is 17.7. The van der Waals surface area contributed by atoms with Gasteiger partial charge in [-0.25, -0.2) is 8.78 Å². The number of hydrogen-bond donors (Lipinski definition) is 0. The Morgan fingerprint density at radius 2 is 1.96 bits per heavy atom. The lowest BCUT2D eigenvalue weighted by Crippen LogP contribution is -2.25. The lowest BCUT2D eigenvalue weighted by molar-refractivity contribution is 0.126. The largest absolute Gasteiger partial charge is 0.481 e. The second-order valence-corrected chi connectivity index (χ2v) is 6.44. The number of ether oxygens (including phenoxy) is 1. The van der Waals surface area contributed by atoms with E-state index in [0.29, 0.717) is 21.5 Å². The van der Waals surface area contributed by atoms with Crippen LogP contribution in [0.25, 0.3) is 11.3 Å². The van der Waals surface area contributed by atoms with E-state index < -0.39 is 18.5 Å². The molecular formula is C17H13Br2F2NO2. The first kappa shape index (κ1) is 18.7. The van der Waals surface area contributed by atoms with Crippen molar-refractivity contribution in [1.29, 1.82) is 0 Å². The van der Waals surface area contributed by atoms with E-state index in [1.165, 1.54) is 0 Å². The first-order valence-corrected chi connectivity index (χ1v) is 8.52. The van der Waals surface area contributed by atoms with Crippen LogP contribution in [0.1, 0.15) is 6.92 Å². The summed E-state index contributed by atoms with van der Waals surface area (Å²) in [6.07, 6.45) is -2.63. The van der Waals surface area contributed by atoms with Gasteiger partial charge in [0.1, 0.15) is 12.4 Å². The lowest BCUT2D eigenvalue weighted by atomic mass is 10.1. The highest BCUT2D eigenvalue weighted by atomic mass is 79.9. The monoisotopic (exact) mass is 459 g/mol. The van der Waals surface area contributed by atoms with Gasteiger partial charge < -0.3 is 9.30 Å². The van der Waals surface area contributed by atoms with Crippen LogP contribution in [0, 0.1) is 11.8 Å². The number of nitrogens with zero attached hydrogens (tertiary/aromatic N) is 1. The number of hydrogen-bond acceptors (Lipinski definition) is 2. The van der Waals surface area contributed by atoms with Gasteiger partial charge in [0.2, 0.25) is 0 Å². The van der Waals surface area contributed by atoms with E-state index >= 15 is 0 Å². The van der Waals surface area contributed by atoms with Crippen LogP contribution in [0.15, 0.2) is 44.1 Å². The van der Waals surface area contributed by atoms with Crippen molar-refractivity contribution in [3.05, 3.63) is 49.6 Å². The molecule has 0 bridgehead atoms. The van der Waals surface area contributed by atoms with E-state index in [-0.39, 0.29) is 11.1 Å². The Balaban J connectivity index is 2.46. The van der Waals surface area contributed by atoms with Gasteiger partial charge in [-0.1, -0.05) is 5.92 Å². The van der Waals surface area contributed by atoms with E-state index in [9.17, 15) is 13.6 Å². The highest BCUT2D eigenvalue weighted by Crippen LogP contribution is 2.31. The third kappa shape index (κ3) is 4.46. The van der Waals surface area contributed by atoms with E-state index in [4.69, 9.17) is 4.74 Å². The second kappa shape index (κ2) is 8.45. The maximum atomic E-state index is 12.8. The number of rotatable bonds is 5. The molecule has 2 rings (SSSR count). The second-order valence-electron chi connectivity index (χ2n) is 4.73. The third-order valence-electron chi connectivity index (χ3n) is 3.15. The summed E-state index contributed by atoms with van der Waals surface area (Å²) in [6, 6.07) is 8.30. The van der Waals surface area contributed by atoms with Gasteiger partial charge in [0.05, 0.1) is 16.7 Å². The number of halogens is 4. The van der Waals surface area contributed by atoms with E-state index in [2.05, 4.69) is 43.7 Å². The Labute approximate surface area is 154 Å². The van der Waals surface area contributed by atoms with E-state index in [0.717, 1.165) is 4.57 Å². The Morgan fingerprint density at radius 1 is 1.21 bits per heavy atom. The van der Waals surface area contributed by atoms with Crippen LogP contribution in [0.3, 0.4) is 0 Å². The van der Waals surface area contributed by atoms with Crippen LogP contribution in [0.4, 0.5) is 8.78 Å². The molecule has 0 N–H and O–H groups in total. The summed E-state index contributed by atoms with van der Waals surface area (Å²) in [5.74, 6) is 6.10. The van der Waals surface area contributed by atoms with Gasteiger partial charge >= 0.3 is 0 Å². The molecule has 2 aromatic rings. The number of alkyl halides is 2. The molecule has 24 heavy (non-hydrogen) atoms. The molecule has 0 aliphatic heterocycles. The first-order chi connectivity index (χ1) is 11.4. The van der Waals surface area contributed by atoms with Crippen molar-refractivity contribution in [3.63, 3.8) is 0 Å². The van der Waals surface area contributed by atoms with E-state index in [1.807, 2.05) is 0 Å². The molecule has 0 spiro atoms. The summed E-state index contributed by atoms with van der Waals surface area (Å²) >= 11 is 6.49. The number of benzene rings is 1. The topological polar surface area (TPSA) is 31.2 Å². The fourth-order valence-electron chi connectivity index (χ4n) is 2.09. The molecule has 0 radical (unpaired) electrons. The van der Waals surface area contributed by atoms with Crippen LogP contribution >= 0.6 is 31.9 Å². The maximum Gasteiger partial charge on any atom is 0.265 e. The van der Waals surface area contributed by atoms with Crippen LogP contribution in [-0.2, 0) is 6.54 Å². The predicted octanol–water partition coefficient (Wildman–Crippen LogP) is 4.71. The average Bonchev–Trinajstić information content (AvgIpc) is 2.53. The highest BCUT2D eigenvalue weighted by Gasteiger charge is 2.15. The normalized spacial score (nSPS) is 10.4. The highest BCUT2D eigenvalue weighted by molar-refractivity contribution is 9.10. The molecule has 0 unspecified atom stereocenters. The van der Waals surface area contributed by atoms with E-state index in [1.54, 1.807) is 37.3 Å². The summed E-state index contributed by atoms with van der Waals surface area (Å²) in [4.78, 5) is 12.2. The summed E-state index contributed by atoms with van der Waals surface area (Å²) in [7, 11) is 0.